The molecule has 0 fully saturated rings. The molecule has 4 aliphatic heterocycles. The predicted octanol–water partition coefficient (Wildman–Crippen LogP) is 17.5. The third-order valence-electron chi connectivity index (χ3n) is 15.6. The van der Waals surface area contributed by atoms with Crippen molar-refractivity contribution >= 4 is 92.7 Å². The number of hydrogen-bond donors (Lipinski definition) is 0. The molecule has 0 atom stereocenters. The van der Waals surface area contributed by atoms with Crippen molar-refractivity contribution in [3.63, 3.8) is 0 Å². The molecule has 16 bridgehead atoms. The molecular formula is C70H66N8Zn2. The van der Waals surface area contributed by atoms with Gasteiger partial charge in [0, 0.05) is 0 Å². The largest absolute Gasteiger partial charge is 2.00 e. The van der Waals surface area contributed by atoms with E-state index < -0.39 is 0 Å². The first-order valence-electron chi connectivity index (χ1n) is 28.7. The topological polar surface area (TPSA) is 108 Å². The summed E-state index contributed by atoms with van der Waals surface area (Å²) in [6.45, 7) is 6.82. The number of rotatable bonds is 18. The van der Waals surface area contributed by atoms with Crippen molar-refractivity contribution in [3.8, 4) is 33.4 Å². The van der Waals surface area contributed by atoms with Gasteiger partial charge in [-0.1, -0.05) is 194 Å². The summed E-state index contributed by atoms with van der Waals surface area (Å²) in [4.78, 5) is 44.3. The average molecular weight is 1150 g/mol. The first-order valence-corrected chi connectivity index (χ1v) is 28.7. The fourth-order valence-electron chi connectivity index (χ4n) is 11.5. The number of aromatic nitrogens is 8. The Morgan fingerprint density at radius 2 is 0.637 bits per heavy atom. The first-order chi connectivity index (χ1) is 38.5. The summed E-state index contributed by atoms with van der Waals surface area (Å²) >= 11 is 0. The average Bonchev–Trinajstić information content (AvgIpc) is 4.49. The molecule has 10 heterocycles. The van der Waals surface area contributed by atoms with Crippen LogP contribution < -0.4 is 19.9 Å². The van der Waals surface area contributed by atoms with Gasteiger partial charge in [-0.3, -0.25) is 0 Å². The van der Waals surface area contributed by atoms with Crippen LogP contribution in [0.2, 0.25) is 0 Å². The van der Waals surface area contributed by atoms with Gasteiger partial charge >= 0.3 is 39.0 Å². The Balaban J connectivity index is 0.00000360. The van der Waals surface area contributed by atoms with Gasteiger partial charge in [0.1, 0.15) is 0 Å². The Hall–Kier alpha value is -7.11. The standard InChI is InChI=1S/C70H66N8.2Zn/c1-4-7-10-19-26-50-53-33-35-55(73-53)51(27-20-11-8-5-2)57-37-39-63(75-57)69(64-40-38-58(76-64)52(28-21-12-9-6-3)56-36-34-54(50)74-56)70-65-43-41-61(77-65)67(46-22-15-13-16-23-46)59-31-29-48(71-59)45-49-30-32-60(72-49)68(47-24-17-14-18-25-47)62-42-44-66(70)78-62;;/h13-18,22-25,29-45H,4-12,19-21,26-28H2,1-3H3;;/q-4;2*+2. The van der Waals surface area contributed by atoms with Gasteiger partial charge < -0.3 is 19.9 Å². The maximum absolute atomic E-state index is 5.72. The summed E-state index contributed by atoms with van der Waals surface area (Å²) in [5.74, 6) is 0. The smallest absolute Gasteiger partial charge is 0.657 e. The van der Waals surface area contributed by atoms with Crippen molar-refractivity contribution in [3.05, 3.63) is 178 Å². The van der Waals surface area contributed by atoms with Crippen LogP contribution >= 0.6 is 0 Å². The molecule has 6 aromatic heterocycles. The minimum atomic E-state index is 0. The third kappa shape index (κ3) is 11.9. The second-order valence-corrected chi connectivity index (χ2v) is 21.0. The van der Waals surface area contributed by atoms with Crippen molar-refractivity contribution in [2.75, 3.05) is 0 Å². The van der Waals surface area contributed by atoms with E-state index in [9.17, 15) is 0 Å². The molecule has 2 aromatic carbocycles. The summed E-state index contributed by atoms with van der Waals surface area (Å²) in [7, 11) is 0. The fourth-order valence-corrected chi connectivity index (χ4v) is 11.5. The monoisotopic (exact) mass is 1150 g/mol. The number of nitrogens with zero attached hydrogens (tertiary/aromatic N) is 8. The Morgan fingerprint density at radius 3 is 1.11 bits per heavy atom. The minimum absolute atomic E-state index is 0. The molecule has 0 saturated carbocycles. The van der Waals surface area contributed by atoms with Gasteiger partial charge in [0.2, 0.25) is 0 Å². The zero-order valence-corrected chi connectivity index (χ0v) is 52.6. The second-order valence-electron chi connectivity index (χ2n) is 21.0. The van der Waals surface area contributed by atoms with Crippen molar-refractivity contribution in [2.45, 2.75) is 117 Å². The van der Waals surface area contributed by atoms with Gasteiger partial charge in [-0.15, -0.1) is 44.1 Å². The van der Waals surface area contributed by atoms with Crippen molar-refractivity contribution in [2.24, 2.45) is 0 Å². The molecule has 0 unspecified atom stereocenters. The Morgan fingerprint density at radius 1 is 0.300 bits per heavy atom. The van der Waals surface area contributed by atoms with Crippen LogP contribution in [0.1, 0.15) is 160 Å². The van der Waals surface area contributed by atoms with Crippen LogP contribution in [-0.2, 0) is 58.2 Å². The molecule has 10 heteroatoms. The fraction of sp³-hybridized carbons (Fsp3) is 0.257. The number of unbranched alkanes of at least 4 members (excludes halogenated alkanes) is 9. The van der Waals surface area contributed by atoms with Crippen LogP contribution in [-0.4, -0.2) is 19.9 Å². The van der Waals surface area contributed by atoms with E-state index in [1.54, 1.807) is 0 Å². The van der Waals surface area contributed by atoms with Gasteiger partial charge in [-0.2, -0.15) is 0 Å². The quantitative estimate of drug-likeness (QED) is 0.0618. The predicted molar refractivity (Wildman–Crippen MR) is 327 cm³/mol. The summed E-state index contributed by atoms with van der Waals surface area (Å²) < 4.78 is 0. The molecule has 8 aromatic rings. The van der Waals surface area contributed by atoms with E-state index in [2.05, 4.69) is 166 Å². The molecule has 0 spiro atoms. The number of fused-ring (bicyclic) bond motifs is 16. The van der Waals surface area contributed by atoms with E-state index in [-0.39, 0.29) is 39.0 Å². The molecule has 0 aliphatic carbocycles. The molecular weight excluding hydrogens is 1080 g/mol. The molecule has 12 rings (SSSR count). The van der Waals surface area contributed by atoms with Crippen LogP contribution in [0, 0.1) is 0 Å². The molecule has 4 aliphatic rings. The number of aryl methyl sites for hydroxylation is 3. The Kier molecular flexibility index (Phi) is 18.3. The molecule has 0 amide bonds. The Labute approximate surface area is 496 Å². The van der Waals surface area contributed by atoms with E-state index in [0.29, 0.717) is 0 Å². The minimum Gasteiger partial charge on any atom is -0.657 e. The van der Waals surface area contributed by atoms with Gasteiger partial charge in [0.05, 0.1) is 45.6 Å². The van der Waals surface area contributed by atoms with Crippen molar-refractivity contribution in [1.29, 1.82) is 0 Å². The maximum atomic E-state index is 5.72. The van der Waals surface area contributed by atoms with Gasteiger partial charge in [-0.25, -0.2) is 19.9 Å². The Bertz CT molecular complexity index is 3950. The first kappa shape index (κ1) is 56.2. The molecule has 0 radical (unpaired) electrons. The van der Waals surface area contributed by atoms with Crippen LogP contribution in [0.4, 0.5) is 0 Å². The summed E-state index contributed by atoms with van der Waals surface area (Å²) in [5.41, 5.74) is 23.1. The third-order valence-corrected chi connectivity index (χ3v) is 15.6. The summed E-state index contributed by atoms with van der Waals surface area (Å²) in [5, 5.41) is 0. The van der Waals surface area contributed by atoms with Gasteiger partial charge in [0.25, 0.3) is 0 Å². The van der Waals surface area contributed by atoms with Crippen LogP contribution in [0.15, 0.2) is 115 Å². The zero-order chi connectivity index (χ0) is 52.8. The molecule has 80 heavy (non-hydrogen) atoms. The summed E-state index contributed by atoms with van der Waals surface area (Å²) in [6, 6.07) is 40.3. The molecule has 0 saturated heterocycles. The number of benzene rings is 2. The zero-order valence-electron chi connectivity index (χ0n) is 46.7. The SMILES string of the molecule is CCCCCCc1c2nc(c(CCCCCC)c3ccc([n-]3)c(-c3c4nc(c(-c5ccccc5)c5ccc(cc6nc(c(-c7ccccc7)c7ccc3[n-]7)C=C6)[n-]5)C=C4)c3nc(c(CCCCCC)c4ccc1[n-]4)C=C3)C=C2.[Zn+2].[Zn+2]. The van der Waals surface area contributed by atoms with E-state index in [1.165, 1.54) is 50.5 Å². The molecule has 390 valence electrons. The number of hydrogen-bond acceptors (Lipinski definition) is 4. The van der Waals surface area contributed by atoms with Gasteiger partial charge in [0.15, 0.2) is 0 Å². The summed E-state index contributed by atoms with van der Waals surface area (Å²) in [6.07, 6.45) is 33.7. The van der Waals surface area contributed by atoms with Crippen LogP contribution in [0.25, 0.3) is 126 Å². The normalized spacial score (nSPS) is 12.3. The van der Waals surface area contributed by atoms with Gasteiger partial charge in [-0.05, 0) is 137 Å². The van der Waals surface area contributed by atoms with Crippen LogP contribution in [0.5, 0.6) is 0 Å². The van der Waals surface area contributed by atoms with Crippen LogP contribution in [0.3, 0.4) is 0 Å². The van der Waals surface area contributed by atoms with E-state index >= 15 is 0 Å². The van der Waals surface area contributed by atoms with E-state index in [4.69, 9.17) is 39.9 Å². The molecule has 0 N–H and O–H groups in total. The van der Waals surface area contributed by atoms with Crippen molar-refractivity contribution < 1.29 is 39.0 Å². The van der Waals surface area contributed by atoms with E-state index in [1.807, 2.05) is 18.2 Å². The van der Waals surface area contributed by atoms with Crippen molar-refractivity contribution in [1.82, 2.24) is 39.9 Å². The maximum Gasteiger partial charge on any atom is 2.00 e. The second kappa shape index (κ2) is 26.0. The molecule has 8 nitrogen and oxygen atoms in total. The van der Waals surface area contributed by atoms with E-state index in [0.717, 1.165) is 186 Å².